The highest BCUT2D eigenvalue weighted by Gasteiger charge is 2.18. The van der Waals surface area contributed by atoms with Crippen LogP contribution in [0.2, 0.25) is 0 Å². The van der Waals surface area contributed by atoms with Gasteiger partial charge in [-0.2, -0.15) is 0 Å². The zero-order valence-electron chi connectivity index (χ0n) is 11.6. The summed E-state index contributed by atoms with van der Waals surface area (Å²) in [4.78, 5) is 0.364. The maximum Gasteiger partial charge on any atom is 0.242 e. The van der Waals surface area contributed by atoms with E-state index in [1.54, 1.807) is 26.2 Å². The first-order valence-corrected chi connectivity index (χ1v) is 8.19. The van der Waals surface area contributed by atoms with Gasteiger partial charge in [0.2, 0.25) is 10.0 Å². The summed E-state index contributed by atoms with van der Waals surface area (Å²) in [5.74, 6) is 0. The monoisotopic (exact) mass is 282 g/mol. The van der Waals surface area contributed by atoms with Gasteiger partial charge in [-0.05, 0) is 30.5 Å². The second-order valence-corrected chi connectivity index (χ2v) is 7.45. The fraction of sp³-hybridized carbons (Fsp3) is 0.571. The molecule has 0 spiro atoms. The van der Waals surface area contributed by atoms with Crippen molar-refractivity contribution in [2.75, 3.05) is 14.1 Å². The Hall–Kier alpha value is -0.910. The van der Waals surface area contributed by atoms with Crippen molar-refractivity contribution >= 4 is 10.0 Å². The van der Waals surface area contributed by atoms with Crippen LogP contribution >= 0.6 is 0 Å². The van der Waals surface area contributed by atoms with Crippen LogP contribution in [0.25, 0.3) is 0 Å². The summed E-state index contributed by atoms with van der Waals surface area (Å²) >= 11 is 0. The third-order valence-corrected chi connectivity index (χ3v) is 5.44. The SMILES string of the molecule is CN(C)S(=O)(=O)c1cccc(CNC2CCCC2)c1. The minimum absolute atomic E-state index is 0.364. The van der Waals surface area contributed by atoms with Gasteiger partial charge in [0.05, 0.1) is 4.90 Å². The van der Waals surface area contributed by atoms with Crippen LogP contribution in [0.15, 0.2) is 29.2 Å². The van der Waals surface area contributed by atoms with Crippen molar-refractivity contribution in [1.29, 1.82) is 0 Å². The van der Waals surface area contributed by atoms with Crippen molar-refractivity contribution in [3.63, 3.8) is 0 Å². The Morgan fingerprint density at radius 1 is 1.26 bits per heavy atom. The summed E-state index contributed by atoms with van der Waals surface area (Å²) in [7, 11) is -0.222. The van der Waals surface area contributed by atoms with E-state index in [9.17, 15) is 8.42 Å². The van der Waals surface area contributed by atoms with E-state index < -0.39 is 10.0 Å². The van der Waals surface area contributed by atoms with Gasteiger partial charge < -0.3 is 5.32 Å². The predicted octanol–water partition coefficient (Wildman–Crippen LogP) is 1.97. The van der Waals surface area contributed by atoms with Crippen LogP contribution in [-0.4, -0.2) is 32.9 Å². The maximum atomic E-state index is 12.1. The highest BCUT2D eigenvalue weighted by molar-refractivity contribution is 7.89. The van der Waals surface area contributed by atoms with Crippen molar-refractivity contribution in [3.8, 4) is 0 Å². The molecule has 106 valence electrons. The summed E-state index contributed by atoms with van der Waals surface area (Å²) in [6, 6.07) is 7.78. The van der Waals surface area contributed by atoms with E-state index in [0.29, 0.717) is 10.9 Å². The molecule has 5 heteroatoms. The summed E-state index contributed by atoms with van der Waals surface area (Å²) in [6.45, 7) is 0.738. The van der Waals surface area contributed by atoms with Crippen molar-refractivity contribution in [1.82, 2.24) is 9.62 Å². The maximum absolute atomic E-state index is 12.1. The lowest BCUT2D eigenvalue weighted by Crippen LogP contribution is -2.26. The number of nitrogens with zero attached hydrogens (tertiary/aromatic N) is 1. The van der Waals surface area contributed by atoms with Crippen LogP contribution in [0.5, 0.6) is 0 Å². The molecule has 1 fully saturated rings. The molecule has 1 aromatic carbocycles. The first-order valence-electron chi connectivity index (χ1n) is 6.75. The molecule has 19 heavy (non-hydrogen) atoms. The van der Waals surface area contributed by atoms with Gasteiger partial charge >= 0.3 is 0 Å². The Labute approximate surface area is 115 Å². The molecule has 1 aliphatic carbocycles. The van der Waals surface area contributed by atoms with E-state index in [1.807, 2.05) is 12.1 Å². The molecule has 0 aliphatic heterocycles. The molecule has 1 aromatic rings. The highest BCUT2D eigenvalue weighted by atomic mass is 32.2. The smallest absolute Gasteiger partial charge is 0.242 e. The molecule has 1 saturated carbocycles. The minimum Gasteiger partial charge on any atom is -0.310 e. The van der Waals surface area contributed by atoms with Crippen molar-refractivity contribution in [2.24, 2.45) is 0 Å². The lowest BCUT2D eigenvalue weighted by molar-refractivity contribution is 0.517. The summed E-state index contributed by atoms with van der Waals surface area (Å²) in [6.07, 6.45) is 5.06. The Morgan fingerprint density at radius 2 is 1.95 bits per heavy atom. The van der Waals surface area contributed by atoms with Crippen molar-refractivity contribution in [3.05, 3.63) is 29.8 Å². The number of hydrogen-bond acceptors (Lipinski definition) is 3. The topological polar surface area (TPSA) is 49.4 Å². The molecule has 1 aliphatic rings. The molecule has 0 atom stereocenters. The lowest BCUT2D eigenvalue weighted by Gasteiger charge is -2.14. The molecule has 0 aromatic heterocycles. The summed E-state index contributed by atoms with van der Waals surface area (Å²) in [5.41, 5.74) is 1.02. The van der Waals surface area contributed by atoms with Gasteiger partial charge in [-0.15, -0.1) is 0 Å². The van der Waals surface area contributed by atoms with E-state index in [2.05, 4.69) is 5.32 Å². The average molecular weight is 282 g/mol. The van der Waals surface area contributed by atoms with Crippen LogP contribution in [0.3, 0.4) is 0 Å². The molecule has 0 saturated heterocycles. The number of hydrogen-bond donors (Lipinski definition) is 1. The van der Waals surface area contributed by atoms with E-state index in [0.717, 1.165) is 12.1 Å². The number of nitrogens with one attached hydrogen (secondary N) is 1. The van der Waals surface area contributed by atoms with Gasteiger partial charge in [0.1, 0.15) is 0 Å². The third kappa shape index (κ3) is 3.55. The molecule has 2 rings (SSSR count). The average Bonchev–Trinajstić information content (AvgIpc) is 2.89. The van der Waals surface area contributed by atoms with Gasteiger partial charge in [0.25, 0.3) is 0 Å². The molecule has 0 bridgehead atoms. The molecular formula is C14H22N2O2S. The van der Waals surface area contributed by atoms with Crippen LogP contribution in [0.4, 0.5) is 0 Å². The molecule has 4 nitrogen and oxygen atoms in total. The van der Waals surface area contributed by atoms with Crippen LogP contribution in [0.1, 0.15) is 31.2 Å². The first-order chi connectivity index (χ1) is 9.00. The standard InChI is InChI=1S/C14H22N2O2S/c1-16(2)19(17,18)14-9-5-6-12(10-14)11-15-13-7-3-4-8-13/h5-6,9-10,13,15H,3-4,7-8,11H2,1-2H3. The predicted molar refractivity (Wildman–Crippen MR) is 76.4 cm³/mol. The fourth-order valence-electron chi connectivity index (χ4n) is 2.42. The Balaban J connectivity index is 2.06. The molecule has 0 radical (unpaired) electrons. The molecule has 0 amide bonds. The largest absolute Gasteiger partial charge is 0.310 e. The van der Waals surface area contributed by atoms with Crippen molar-refractivity contribution in [2.45, 2.75) is 43.2 Å². The Bertz CT molecular complexity index is 520. The van der Waals surface area contributed by atoms with E-state index in [4.69, 9.17) is 0 Å². The summed E-state index contributed by atoms with van der Waals surface area (Å²) < 4.78 is 25.3. The van der Waals surface area contributed by atoms with E-state index in [1.165, 1.54) is 30.0 Å². The lowest BCUT2D eigenvalue weighted by atomic mass is 10.2. The highest BCUT2D eigenvalue weighted by Crippen LogP contribution is 2.19. The minimum atomic E-state index is -3.33. The second kappa shape index (κ2) is 6.03. The Morgan fingerprint density at radius 3 is 2.58 bits per heavy atom. The number of benzene rings is 1. The molecule has 0 heterocycles. The molecular weight excluding hydrogens is 260 g/mol. The van der Waals surface area contributed by atoms with Gasteiger partial charge in [-0.3, -0.25) is 0 Å². The van der Waals surface area contributed by atoms with Crippen LogP contribution < -0.4 is 5.32 Å². The number of rotatable bonds is 5. The van der Waals surface area contributed by atoms with Crippen LogP contribution in [-0.2, 0) is 16.6 Å². The Kier molecular flexibility index (Phi) is 4.60. The third-order valence-electron chi connectivity index (χ3n) is 3.63. The normalized spacial score (nSPS) is 17.2. The van der Waals surface area contributed by atoms with E-state index >= 15 is 0 Å². The number of sulfonamides is 1. The van der Waals surface area contributed by atoms with Crippen molar-refractivity contribution < 1.29 is 8.42 Å². The molecule has 1 N–H and O–H groups in total. The van der Waals surface area contributed by atoms with Gasteiger partial charge in [-0.25, -0.2) is 12.7 Å². The van der Waals surface area contributed by atoms with E-state index in [-0.39, 0.29) is 0 Å². The van der Waals surface area contributed by atoms with Gasteiger partial charge in [0.15, 0.2) is 0 Å². The quantitative estimate of drug-likeness (QED) is 0.898. The van der Waals surface area contributed by atoms with Crippen LogP contribution in [0, 0.1) is 0 Å². The van der Waals surface area contributed by atoms with Gasteiger partial charge in [-0.1, -0.05) is 25.0 Å². The second-order valence-electron chi connectivity index (χ2n) is 5.30. The molecule has 0 unspecified atom stereocenters. The fourth-order valence-corrected chi connectivity index (χ4v) is 3.39. The summed E-state index contributed by atoms with van der Waals surface area (Å²) in [5, 5.41) is 3.50. The zero-order chi connectivity index (χ0) is 13.9. The zero-order valence-corrected chi connectivity index (χ0v) is 12.4. The first kappa shape index (κ1) is 14.5. The van der Waals surface area contributed by atoms with Gasteiger partial charge in [0, 0.05) is 26.7 Å².